The molecule has 1 heterocycles. The van der Waals surface area contributed by atoms with Gasteiger partial charge in [0.15, 0.2) is 6.61 Å². The molecule has 5 heteroatoms. The van der Waals surface area contributed by atoms with Crippen molar-refractivity contribution in [1.82, 2.24) is 4.98 Å². The summed E-state index contributed by atoms with van der Waals surface area (Å²) in [4.78, 5) is 26.1. The van der Waals surface area contributed by atoms with E-state index in [0.717, 1.165) is 0 Å². The van der Waals surface area contributed by atoms with Gasteiger partial charge in [0.05, 0.1) is 18.7 Å². The van der Waals surface area contributed by atoms with Crippen LogP contribution in [0.4, 0.5) is 0 Å². The maximum Gasteiger partial charge on any atom is 0.309 e. The number of carbonyl (C=O) groups is 2. The molecule has 24 heavy (non-hydrogen) atoms. The monoisotopic (exact) mass is 329 g/mol. The molecule has 0 aliphatic rings. The molecule has 0 atom stereocenters. The molecular formula is C19H23NO4. The fourth-order valence-electron chi connectivity index (χ4n) is 2.10. The molecule has 0 aliphatic heterocycles. The van der Waals surface area contributed by atoms with Crippen molar-refractivity contribution in [2.75, 3.05) is 13.2 Å². The molecule has 2 aromatic rings. The van der Waals surface area contributed by atoms with E-state index in [1.165, 1.54) is 5.56 Å². The van der Waals surface area contributed by atoms with Gasteiger partial charge in [-0.2, -0.15) is 0 Å². The number of rotatable bonds is 7. The zero-order chi connectivity index (χ0) is 17.6. The van der Waals surface area contributed by atoms with Gasteiger partial charge in [-0.05, 0) is 35.2 Å². The number of carbonyl (C=O) groups excluding carboxylic acids is 2. The third-order valence-electron chi connectivity index (χ3n) is 3.56. The molecule has 5 nitrogen and oxygen atoms in total. The molecule has 0 amide bonds. The van der Waals surface area contributed by atoms with E-state index in [-0.39, 0.29) is 30.8 Å². The molecule has 0 aliphatic carbocycles. The van der Waals surface area contributed by atoms with Gasteiger partial charge in [0.25, 0.3) is 0 Å². The van der Waals surface area contributed by atoms with Crippen LogP contribution in [0.2, 0.25) is 0 Å². The number of H-pyrrole nitrogens is 1. The first-order valence-corrected chi connectivity index (χ1v) is 7.92. The van der Waals surface area contributed by atoms with Crippen molar-refractivity contribution in [2.24, 2.45) is 0 Å². The first-order chi connectivity index (χ1) is 11.4. The van der Waals surface area contributed by atoms with E-state index in [4.69, 9.17) is 9.47 Å². The van der Waals surface area contributed by atoms with Crippen molar-refractivity contribution in [3.8, 4) is 5.75 Å². The van der Waals surface area contributed by atoms with Gasteiger partial charge in [-0.1, -0.05) is 32.9 Å². The fraction of sp³-hybridized carbons (Fsp3) is 0.368. The number of aromatic nitrogens is 1. The smallest absolute Gasteiger partial charge is 0.309 e. The van der Waals surface area contributed by atoms with Crippen molar-refractivity contribution >= 4 is 11.8 Å². The van der Waals surface area contributed by atoms with E-state index in [9.17, 15) is 9.59 Å². The minimum Gasteiger partial charge on any atom is -0.493 e. The highest BCUT2D eigenvalue weighted by molar-refractivity contribution is 5.96. The van der Waals surface area contributed by atoms with Gasteiger partial charge in [-0.3, -0.25) is 9.59 Å². The van der Waals surface area contributed by atoms with Gasteiger partial charge >= 0.3 is 5.97 Å². The average Bonchev–Trinajstić information content (AvgIpc) is 3.07. The second kappa shape index (κ2) is 7.81. The Morgan fingerprint density at radius 2 is 1.79 bits per heavy atom. The Kier molecular flexibility index (Phi) is 5.79. The van der Waals surface area contributed by atoms with Gasteiger partial charge in [-0.15, -0.1) is 0 Å². The summed E-state index contributed by atoms with van der Waals surface area (Å²) in [5.41, 5.74) is 1.74. The lowest BCUT2D eigenvalue weighted by Gasteiger charge is -2.19. The van der Waals surface area contributed by atoms with Gasteiger partial charge in [0.1, 0.15) is 5.75 Å². The zero-order valence-corrected chi connectivity index (χ0v) is 14.3. The molecule has 1 N–H and O–H groups in total. The highest BCUT2D eigenvalue weighted by Crippen LogP contribution is 2.24. The van der Waals surface area contributed by atoms with Crippen molar-refractivity contribution in [3.05, 3.63) is 53.9 Å². The summed E-state index contributed by atoms with van der Waals surface area (Å²) in [5.74, 6) is -0.00785. The minimum atomic E-state index is -0.457. The summed E-state index contributed by atoms with van der Waals surface area (Å²) < 4.78 is 10.5. The number of nitrogens with one attached hydrogen (secondary N) is 1. The summed E-state index contributed by atoms with van der Waals surface area (Å²) in [7, 11) is 0. The quantitative estimate of drug-likeness (QED) is 0.623. The molecule has 1 aromatic heterocycles. The topological polar surface area (TPSA) is 68.4 Å². The summed E-state index contributed by atoms with van der Waals surface area (Å²) in [6.07, 6.45) is 1.74. The van der Waals surface area contributed by atoms with Crippen LogP contribution in [0.3, 0.4) is 0 Å². The Labute approximate surface area is 142 Å². The van der Waals surface area contributed by atoms with E-state index >= 15 is 0 Å². The summed E-state index contributed by atoms with van der Waals surface area (Å²) in [6, 6.07) is 11.2. The van der Waals surface area contributed by atoms with Crippen LogP contribution in [0.15, 0.2) is 42.6 Å². The van der Waals surface area contributed by atoms with Crippen molar-refractivity contribution in [1.29, 1.82) is 0 Å². The van der Waals surface area contributed by atoms with E-state index < -0.39 is 5.97 Å². The molecule has 2 rings (SSSR count). The number of benzene rings is 1. The zero-order valence-electron chi connectivity index (χ0n) is 14.3. The van der Waals surface area contributed by atoms with E-state index in [1.807, 2.05) is 24.3 Å². The predicted molar refractivity (Wildman–Crippen MR) is 91.3 cm³/mol. The fourth-order valence-corrected chi connectivity index (χ4v) is 2.10. The van der Waals surface area contributed by atoms with Gasteiger partial charge in [0, 0.05) is 6.20 Å². The number of Topliss-reactive ketones (excluding diaryl/α,β-unsaturated/α-hetero) is 1. The Morgan fingerprint density at radius 3 is 2.38 bits per heavy atom. The van der Waals surface area contributed by atoms with Crippen LogP contribution in [-0.4, -0.2) is 30.0 Å². The number of esters is 1. The van der Waals surface area contributed by atoms with Gasteiger partial charge in [0.2, 0.25) is 5.78 Å². The largest absolute Gasteiger partial charge is 0.493 e. The third-order valence-corrected chi connectivity index (χ3v) is 3.56. The molecule has 0 fully saturated rings. The molecule has 1 aromatic carbocycles. The van der Waals surface area contributed by atoms with Crippen LogP contribution in [0.25, 0.3) is 0 Å². The van der Waals surface area contributed by atoms with Crippen LogP contribution in [0.5, 0.6) is 5.75 Å². The first kappa shape index (κ1) is 17.8. The molecule has 0 unspecified atom stereocenters. The van der Waals surface area contributed by atoms with Crippen molar-refractivity contribution < 1.29 is 19.1 Å². The maximum atomic E-state index is 11.7. The Hall–Kier alpha value is -2.56. The summed E-state index contributed by atoms with van der Waals surface area (Å²) in [5, 5.41) is 0. The van der Waals surface area contributed by atoms with E-state index in [0.29, 0.717) is 11.4 Å². The number of ketones is 1. The number of aromatic amines is 1. The number of ether oxygens (including phenoxy) is 2. The molecule has 0 saturated heterocycles. The molecular weight excluding hydrogens is 306 g/mol. The molecule has 128 valence electrons. The molecule has 0 radical (unpaired) electrons. The van der Waals surface area contributed by atoms with E-state index in [1.54, 1.807) is 18.3 Å². The lowest BCUT2D eigenvalue weighted by molar-refractivity contribution is -0.143. The van der Waals surface area contributed by atoms with Crippen LogP contribution in [0, 0.1) is 0 Å². The second-order valence-corrected chi connectivity index (χ2v) is 6.54. The molecule has 0 saturated carbocycles. The normalized spacial score (nSPS) is 11.1. The highest BCUT2D eigenvalue weighted by Gasteiger charge is 2.13. The highest BCUT2D eigenvalue weighted by atomic mass is 16.5. The molecule has 0 bridgehead atoms. The lowest BCUT2D eigenvalue weighted by Crippen LogP contribution is -2.16. The van der Waals surface area contributed by atoms with Crippen molar-refractivity contribution in [2.45, 2.75) is 32.6 Å². The predicted octanol–water partition coefficient (Wildman–Crippen LogP) is 3.51. The summed E-state index contributed by atoms with van der Waals surface area (Å²) in [6.45, 7) is 6.39. The van der Waals surface area contributed by atoms with Crippen molar-refractivity contribution in [3.63, 3.8) is 0 Å². The third kappa shape index (κ3) is 5.26. The first-order valence-electron chi connectivity index (χ1n) is 7.92. The van der Waals surface area contributed by atoms with Gasteiger partial charge < -0.3 is 14.5 Å². The Balaban J connectivity index is 1.70. The summed E-state index contributed by atoms with van der Waals surface area (Å²) >= 11 is 0. The second-order valence-electron chi connectivity index (χ2n) is 6.54. The lowest BCUT2D eigenvalue weighted by atomic mass is 9.87. The van der Waals surface area contributed by atoms with Crippen LogP contribution >= 0.6 is 0 Å². The number of hydrogen-bond acceptors (Lipinski definition) is 4. The van der Waals surface area contributed by atoms with Gasteiger partial charge in [-0.25, -0.2) is 0 Å². The van der Waals surface area contributed by atoms with Crippen LogP contribution < -0.4 is 4.74 Å². The maximum absolute atomic E-state index is 11.7. The SMILES string of the molecule is CC(C)(C)c1ccc(OCCC(=O)OCC(=O)c2ccc[nH]2)cc1. The van der Waals surface area contributed by atoms with Crippen LogP contribution in [-0.2, 0) is 14.9 Å². The van der Waals surface area contributed by atoms with E-state index in [2.05, 4.69) is 25.8 Å². The molecule has 0 spiro atoms. The average molecular weight is 329 g/mol. The Morgan fingerprint density at radius 1 is 1.08 bits per heavy atom. The standard InChI is InChI=1S/C19H23NO4/c1-19(2,3)14-6-8-15(9-7-14)23-12-10-18(22)24-13-17(21)16-5-4-11-20-16/h4-9,11,20H,10,12-13H2,1-3H3. The minimum absolute atomic E-state index is 0.0913. The Bertz CT molecular complexity index is 666. The van der Waals surface area contributed by atoms with Crippen LogP contribution in [0.1, 0.15) is 43.2 Å². The number of hydrogen-bond donors (Lipinski definition) is 1.